The van der Waals surface area contributed by atoms with Crippen LogP contribution in [0.5, 0.6) is 0 Å². The summed E-state index contributed by atoms with van der Waals surface area (Å²) in [6.07, 6.45) is 0. The molecule has 0 radical (unpaired) electrons. The molecule has 0 amide bonds. The van der Waals surface area contributed by atoms with Gasteiger partial charge in [-0.05, 0) is 11.4 Å². The second-order valence-corrected chi connectivity index (χ2v) is 4.91. The van der Waals surface area contributed by atoms with Crippen molar-refractivity contribution >= 4 is 23.1 Å². The quantitative estimate of drug-likeness (QED) is 0.671. The molecule has 0 bridgehead atoms. The summed E-state index contributed by atoms with van der Waals surface area (Å²) in [6, 6.07) is 4.28. The van der Waals surface area contributed by atoms with Crippen LogP contribution in [0, 0.1) is 5.92 Å². The van der Waals surface area contributed by atoms with Crippen molar-refractivity contribution in [1.82, 2.24) is 0 Å². The molecule has 1 nitrogen and oxygen atoms in total. The van der Waals surface area contributed by atoms with Gasteiger partial charge in [-0.25, -0.2) is 0 Å². The van der Waals surface area contributed by atoms with Gasteiger partial charge in [-0.2, -0.15) is 0 Å². The monoisotopic (exact) mass is 186 g/mol. The standard InChI is InChI=1S/C8H10OS2/c1-2-8(10-3-1)11-6-7-4-9-5-7/h1-3,7H,4-6H2. The number of hydrogen-bond acceptors (Lipinski definition) is 3. The zero-order chi connectivity index (χ0) is 7.52. The van der Waals surface area contributed by atoms with E-state index in [0.717, 1.165) is 19.1 Å². The molecule has 0 saturated carbocycles. The minimum atomic E-state index is 0.807. The van der Waals surface area contributed by atoms with E-state index >= 15 is 0 Å². The second kappa shape index (κ2) is 3.61. The number of ether oxygens (including phenoxy) is 1. The van der Waals surface area contributed by atoms with Crippen molar-refractivity contribution in [3.8, 4) is 0 Å². The van der Waals surface area contributed by atoms with Crippen molar-refractivity contribution in [3.05, 3.63) is 17.5 Å². The lowest BCUT2D eigenvalue weighted by molar-refractivity contribution is -0.0196. The molecule has 0 aliphatic carbocycles. The summed E-state index contributed by atoms with van der Waals surface area (Å²) >= 11 is 3.77. The summed E-state index contributed by atoms with van der Waals surface area (Å²) in [4.78, 5) is 0. The molecule has 3 heteroatoms. The maximum Gasteiger partial charge on any atom is 0.0598 e. The van der Waals surface area contributed by atoms with Crippen molar-refractivity contribution in [1.29, 1.82) is 0 Å². The van der Waals surface area contributed by atoms with Gasteiger partial charge in [-0.1, -0.05) is 6.07 Å². The topological polar surface area (TPSA) is 9.23 Å². The third-order valence-electron chi connectivity index (χ3n) is 1.66. The Morgan fingerprint density at radius 2 is 2.55 bits per heavy atom. The molecule has 11 heavy (non-hydrogen) atoms. The van der Waals surface area contributed by atoms with E-state index in [1.54, 1.807) is 0 Å². The predicted molar refractivity (Wildman–Crippen MR) is 49.4 cm³/mol. The fraction of sp³-hybridized carbons (Fsp3) is 0.500. The molecule has 1 aromatic rings. The highest BCUT2D eigenvalue weighted by atomic mass is 32.2. The average Bonchev–Trinajstić information content (AvgIpc) is 2.36. The van der Waals surface area contributed by atoms with Gasteiger partial charge in [0.1, 0.15) is 0 Å². The van der Waals surface area contributed by atoms with Gasteiger partial charge in [0.25, 0.3) is 0 Å². The van der Waals surface area contributed by atoms with Gasteiger partial charge < -0.3 is 4.74 Å². The smallest absolute Gasteiger partial charge is 0.0598 e. The molecule has 60 valence electrons. The van der Waals surface area contributed by atoms with Crippen LogP contribution in [0.25, 0.3) is 0 Å². The highest BCUT2D eigenvalue weighted by Crippen LogP contribution is 2.27. The van der Waals surface area contributed by atoms with Gasteiger partial charge in [0.15, 0.2) is 0 Å². The Balaban J connectivity index is 1.74. The molecule has 1 aliphatic heterocycles. The molecule has 0 unspecified atom stereocenters. The zero-order valence-electron chi connectivity index (χ0n) is 6.16. The van der Waals surface area contributed by atoms with Crippen molar-refractivity contribution in [2.75, 3.05) is 19.0 Å². The fourth-order valence-electron chi connectivity index (χ4n) is 0.926. The molecule has 1 fully saturated rings. The van der Waals surface area contributed by atoms with E-state index in [2.05, 4.69) is 17.5 Å². The van der Waals surface area contributed by atoms with Crippen LogP contribution < -0.4 is 0 Å². The number of rotatable bonds is 3. The Labute approximate surface area is 74.8 Å². The lowest BCUT2D eigenvalue weighted by Crippen LogP contribution is -2.29. The molecular weight excluding hydrogens is 176 g/mol. The van der Waals surface area contributed by atoms with Crippen LogP contribution >= 0.6 is 23.1 Å². The average molecular weight is 186 g/mol. The largest absolute Gasteiger partial charge is 0.381 e. The van der Waals surface area contributed by atoms with Crippen LogP contribution in [0.1, 0.15) is 0 Å². The summed E-state index contributed by atoms with van der Waals surface area (Å²) in [6.45, 7) is 1.94. The predicted octanol–water partition coefficient (Wildman–Crippen LogP) is 2.49. The fourth-order valence-corrected chi connectivity index (χ4v) is 2.78. The van der Waals surface area contributed by atoms with Crippen molar-refractivity contribution in [3.63, 3.8) is 0 Å². The first kappa shape index (κ1) is 7.65. The number of hydrogen-bond donors (Lipinski definition) is 0. The van der Waals surface area contributed by atoms with E-state index < -0.39 is 0 Å². The Bertz CT molecular complexity index is 204. The molecule has 0 N–H and O–H groups in total. The zero-order valence-corrected chi connectivity index (χ0v) is 7.79. The molecule has 0 spiro atoms. The normalized spacial score (nSPS) is 18.2. The summed E-state index contributed by atoms with van der Waals surface area (Å²) in [5.74, 6) is 2.03. The third kappa shape index (κ3) is 1.98. The van der Waals surface area contributed by atoms with Crippen LogP contribution in [-0.4, -0.2) is 19.0 Å². The summed E-state index contributed by atoms with van der Waals surface area (Å²) in [7, 11) is 0. The van der Waals surface area contributed by atoms with Gasteiger partial charge in [-0.15, -0.1) is 23.1 Å². The van der Waals surface area contributed by atoms with Gasteiger partial charge in [0.2, 0.25) is 0 Å². The molecule has 1 aromatic heterocycles. The van der Waals surface area contributed by atoms with Gasteiger partial charge in [0.05, 0.1) is 17.4 Å². The molecule has 1 aliphatic rings. The van der Waals surface area contributed by atoms with Gasteiger partial charge in [0, 0.05) is 11.7 Å². The minimum absolute atomic E-state index is 0.807. The lowest BCUT2D eigenvalue weighted by atomic mass is 10.1. The van der Waals surface area contributed by atoms with E-state index in [1.807, 2.05) is 23.1 Å². The Morgan fingerprint density at radius 1 is 1.64 bits per heavy atom. The molecule has 0 atom stereocenters. The summed E-state index contributed by atoms with van der Waals surface area (Å²) < 4.78 is 6.52. The number of thiophene rings is 1. The third-order valence-corrected chi connectivity index (χ3v) is 4.03. The maximum atomic E-state index is 5.09. The molecule has 0 aromatic carbocycles. The van der Waals surface area contributed by atoms with Crippen LogP contribution in [0.3, 0.4) is 0 Å². The summed E-state index contributed by atoms with van der Waals surface area (Å²) in [5.41, 5.74) is 0. The highest BCUT2D eigenvalue weighted by Gasteiger charge is 2.18. The SMILES string of the molecule is c1csc(SCC2COC2)c1. The molecule has 1 saturated heterocycles. The van der Waals surface area contributed by atoms with Crippen LogP contribution in [0.15, 0.2) is 21.7 Å². The van der Waals surface area contributed by atoms with E-state index in [9.17, 15) is 0 Å². The first-order chi connectivity index (χ1) is 5.45. The molecule has 2 rings (SSSR count). The number of thioether (sulfide) groups is 1. The second-order valence-electron chi connectivity index (χ2n) is 2.65. The van der Waals surface area contributed by atoms with Crippen molar-refractivity contribution < 1.29 is 4.74 Å². The summed E-state index contributed by atoms with van der Waals surface area (Å²) in [5, 5.41) is 2.12. The Kier molecular flexibility index (Phi) is 2.51. The lowest BCUT2D eigenvalue weighted by Gasteiger charge is -2.24. The van der Waals surface area contributed by atoms with Crippen LogP contribution in [0.4, 0.5) is 0 Å². The molecular formula is C8H10OS2. The minimum Gasteiger partial charge on any atom is -0.381 e. The van der Waals surface area contributed by atoms with Gasteiger partial charge in [-0.3, -0.25) is 0 Å². The highest BCUT2D eigenvalue weighted by molar-refractivity contribution is 8.01. The van der Waals surface area contributed by atoms with E-state index in [-0.39, 0.29) is 0 Å². The van der Waals surface area contributed by atoms with Crippen LogP contribution in [0.2, 0.25) is 0 Å². The first-order valence-electron chi connectivity index (χ1n) is 3.69. The van der Waals surface area contributed by atoms with Crippen LogP contribution in [-0.2, 0) is 4.74 Å². The van der Waals surface area contributed by atoms with Gasteiger partial charge >= 0.3 is 0 Å². The Morgan fingerprint density at radius 3 is 3.09 bits per heavy atom. The molecule has 2 heterocycles. The van der Waals surface area contributed by atoms with E-state index in [4.69, 9.17) is 4.74 Å². The maximum absolute atomic E-state index is 5.09. The first-order valence-corrected chi connectivity index (χ1v) is 5.56. The van der Waals surface area contributed by atoms with E-state index in [1.165, 1.54) is 9.96 Å². The Hall–Kier alpha value is 0.01000. The van der Waals surface area contributed by atoms with Crippen molar-refractivity contribution in [2.45, 2.75) is 4.21 Å². The van der Waals surface area contributed by atoms with E-state index in [0.29, 0.717) is 0 Å². The van der Waals surface area contributed by atoms with Crippen molar-refractivity contribution in [2.24, 2.45) is 5.92 Å².